The van der Waals surface area contributed by atoms with Crippen LogP contribution in [0.4, 0.5) is 0 Å². The summed E-state index contributed by atoms with van der Waals surface area (Å²) in [6.45, 7) is 0.187. The van der Waals surface area contributed by atoms with Gasteiger partial charge in [0.25, 0.3) is 5.91 Å². The number of carbonyl (C=O) groups is 3. The van der Waals surface area contributed by atoms with E-state index in [1.165, 1.54) is 6.08 Å². The molecule has 1 heterocycles. The van der Waals surface area contributed by atoms with Crippen LogP contribution in [0.25, 0.3) is 6.08 Å². The van der Waals surface area contributed by atoms with E-state index < -0.39 is 11.9 Å². The Labute approximate surface area is 107 Å². The van der Waals surface area contributed by atoms with Gasteiger partial charge in [-0.25, -0.2) is 4.79 Å². The van der Waals surface area contributed by atoms with Crippen LogP contribution in [-0.4, -0.2) is 29.4 Å². The van der Waals surface area contributed by atoms with Crippen LogP contribution in [0, 0.1) is 0 Å². The Morgan fingerprint density at radius 2 is 2.11 bits per heavy atom. The van der Waals surface area contributed by atoms with Crippen molar-refractivity contribution in [3.05, 3.63) is 28.0 Å². The van der Waals surface area contributed by atoms with Crippen molar-refractivity contribution in [2.75, 3.05) is 6.54 Å². The minimum absolute atomic E-state index is 0.0862. The van der Waals surface area contributed by atoms with E-state index in [4.69, 9.17) is 10.8 Å². The number of hydrogen-bond acceptors (Lipinski definition) is 4. The molecule has 0 spiro atoms. The molecule has 0 aromatic carbocycles. The van der Waals surface area contributed by atoms with Crippen molar-refractivity contribution in [3.8, 4) is 0 Å². The van der Waals surface area contributed by atoms with E-state index in [0.717, 1.165) is 17.4 Å². The fourth-order valence-corrected chi connectivity index (χ4v) is 1.93. The molecule has 0 unspecified atom stereocenters. The molecule has 0 aliphatic rings. The van der Waals surface area contributed by atoms with Gasteiger partial charge in [-0.1, -0.05) is 0 Å². The minimum Gasteiger partial charge on any atom is -0.478 e. The summed E-state index contributed by atoms with van der Waals surface area (Å²) in [5.74, 6) is -1.83. The van der Waals surface area contributed by atoms with Crippen LogP contribution in [0.2, 0.25) is 0 Å². The highest BCUT2D eigenvalue weighted by molar-refractivity contribution is 7.14. The van der Waals surface area contributed by atoms with Gasteiger partial charge in [0, 0.05) is 23.9 Å². The molecular formula is C11H12N2O4S. The standard InChI is InChI=1S/C11H12N2O4S/c12-9(14)5-6-13-11(17)8-3-1-7(18-8)2-4-10(15)16/h1-4H,5-6H2,(H2,12,14)(H,13,17)(H,15,16)/b4-2+. The first kappa shape index (κ1) is 13.9. The third-order valence-electron chi connectivity index (χ3n) is 1.90. The Hall–Kier alpha value is -2.15. The number of carboxylic acid groups (broad SMARTS) is 1. The third-order valence-corrected chi connectivity index (χ3v) is 2.95. The number of amides is 2. The number of carbonyl (C=O) groups excluding carboxylic acids is 2. The fourth-order valence-electron chi connectivity index (χ4n) is 1.10. The number of primary amides is 1. The van der Waals surface area contributed by atoms with Crippen LogP contribution >= 0.6 is 11.3 Å². The monoisotopic (exact) mass is 268 g/mol. The van der Waals surface area contributed by atoms with E-state index in [-0.39, 0.29) is 18.9 Å². The Kier molecular flexibility index (Phi) is 5.06. The smallest absolute Gasteiger partial charge is 0.328 e. The number of carboxylic acids is 1. The van der Waals surface area contributed by atoms with Crippen LogP contribution in [0.15, 0.2) is 18.2 Å². The molecule has 2 amide bonds. The number of rotatable bonds is 6. The average Bonchev–Trinajstić information content (AvgIpc) is 2.74. The number of hydrogen-bond donors (Lipinski definition) is 3. The van der Waals surface area contributed by atoms with Crippen LogP contribution in [0.5, 0.6) is 0 Å². The summed E-state index contributed by atoms with van der Waals surface area (Å²) < 4.78 is 0. The highest BCUT2D eigenvalue weighted by atomic mass is 32.1. The van der Waals surface area contributed by atoms with Crippen molar-refractivity contribution >= 4 is 35.2 Å². The van der Waals surface area contributed by atoms with Crippen LogP contribution in [-0.2, 0) is 9.59 Å². The first-order chi connectivity index (χ1) is 8.49. The summed E-state index contributed by atoms with van der Waals surface area (Å²) >= 11 is 1.16. The highest BCUT2D eigenvalue weighted by Gasteiger charge is 2.08. The van der Waals surface area contributed by atoms with Crippen molar-refractivity contribution in [3.63, 3.8) is 0 Å². The van der Waals surface area contributed by atoms with Crippen LogP contribution in [0.3, 0.4) is 0 Å². The lowest BCUT2D eigenvalue weighted by atomic mass is 10.3. The zero-order valence-corrected chi connectivity index (χ0v) is 10.2. The predicted octanol–water partition coefficient (Wildman–Crippen LogP) is 0.451. The predicted molar refractivity (Wildman–Crippen MR) is 67.1 cm³/mol. The molecule has 0 bridgehead atoms. The van der Waals surface area contributed by atoms with Gasteiger partial charge in [0.2, 0.25) is 5.91 Å². The molecule has 0 aliphatic heterocycles. The number of aliphatic carboxylic acids is 1. The van der Waals surface area contributed by atoms with Gasteiger partial charge in [-0.2, -0.15) is 0 Å². The molecule has 0 radical (unpaired) electrons. The van der Waals surface area contributed by atoms with E-state index in [9.17, 15) is 14.4 Å². The number of thiophene rings is 1. The number of nitrogens with two attached hydrogens (primary N) is 1. The number of nitrogens with one attached hydrogen (secondary N) is 1. The Morgan fingerprint density at radius 1 is 1.39 bits per heavy atom. The van der Waals surface area contributed by atoms with E-state index in [0.29, 0.717) is 9.75 Å². The summed E-state index contributed by atoms with van der Waals surface area (Å²) in [7, 11) is 0. The van der Waals surface area contributed by atoms with Gasteiger partial charge < -0.3 is 16.2 Å². The van der Waals surface area contributed by atoms with Gasteiger partial charge in [-0.05, 0) is 18.2 Å². The fraction of sp³-hybridized carbons (Fsp3) is 0.182. The molecule has 1 aromatic rings. The third kappa shape index (κ3) is 4.79. The van der Waals surface area contributed by atoms with Crippen molar-refractivity contribution in [1.29, 1.82) is 0 Å². The van der Waals surface area contributed by atoms with Gasteiger partial charge in [0.05, 0.1) is 4.88 Å². The molecule has 0 atom stereocenters. The van der Waals surface area contributed by atoms with E-state index >= 15 is 0 Å². The van der Waals surface area contributed by atoms with Crippen LogP contribution in [0.1, 0.15) is 21.0 Å². The van der Waals surface area contributed by atoms with Gasteiger partial charge >= 0.3 is 5.97 Å². The summed E-state index contributed by atoms with van der Waals surface area (Å²) in [6, 6.07) is 3.24. The average molecular weight is 268 g/mol. The second-order valence-corrected chi connectivity index (χ2v) is 4.46. The second-order valence-electron chi connectivity index (χ2n) is 3.35. The van der Waals surface area contributed by atoms with Crippen molar-refractivity contribution in [2.24, 2.45) is 5.73 Å². The maximum atomic E-state index is 11.6. The molecule has 96 valence electrons. The summed E-state index contributed by atoms with van der Waals surface area (Å²) in [5.41, 5.74) is 4.94. The maximum Gasteiger partial charge on any atom is 0.328 e. The second kappa shape index (κ2) is 6.55. The molecule has 0 aliphatic carbocycles. The zero-order chi connectivity index (χ0) is 13.5. The van der Waals surface area contributed by atoms with E-state index in [1.54, 1.807) is 12.1 Å². The zero-order valence-electron chi connectivity index (χ0n) is 9.38. The maximum absolute atomic E-state index is 11.6. The molecule has 1 rings (SSSR count). The lowest BCUT2D eigenvalue weighted by Crippen LogP contribution is -2.27. The van der Waals surface area contributed by atoms with E-state index in [1.807, 2.05) is 0 Å². The first-order valence-electron chi connectivity index (χ1n) is 5.06. The molecule has 0 saturated carbocycles. The quantitative estimate of drug-likeness (QED) is 0.651. The van der Waals surface area contributed by atoms with Crippen LogP contribution < -0.4 is 11.1 Å². The Bertz CT molecular complexity index is 493. The lowest BCUT2D eigenvalue weighted by molar-refractivity contribution is -0.131. The minimum atomic E-state index is -1.05. The molecule has 0 fully saturated rings. The molecule has 18 heavy (non-hydrogen) atoms. The van der Waals surface area contributed by atoms with Crippen molar-refractivity contribution in [2.45, 2.75) is 6.42 Å². The molecular weight excluding hydrogens is 256 g/mol. The van der Waals surface area contributed by atoms with Gasteiger partial charge in [-0.15, -0.1) is 11.3 Å². The SMILES string of the molecule is NC(=O)CCNC(=O)c1ccc(/C=C/C(=O)O)s1. The molecule has 4 N–H and O–H groups in total. The highest BCUT2D eigenvalue weighted by Crippen LogP contribution is 2.17. The van der Waals surface area contributed by atoms with Gasteiger partial charge in [0.1, 0.15) is 0 Å². The molecule has 7 heteroatoms. The largest absolute Gasteiger partial charge is 0.478 e. The molecule has 0 saturated heterocycles. The Morgan fingerprint density at radius 3 is 2.72 bits per heavy atom. The van der Waals surface area contributed by atoms with Crippen molar-refractivity contribution < 1.29 is 19.5 Å². The first-order valence-corrected chi connectivity index (χ1v) is 5.88. The van der Waals surface area contributed by atoms with Gasteiger partial charge in [0.15, 0.2) is 0 Å². The lowest BCUT2D eigenvalue weighted by Gasteiger charge is -2.00. The molecule has 6 nitrogen and oxygen atoms in total. The summed E-state index contributed by atoms with van der Waals surface area (Å²) in [4.78, 5) is 33.5. The Balaban J connectivity index is 2.54. The normalized spacial score (nSPS) is 10.4. The summed E-state index contributed by atoms with van der Waals surface area (Å²) in [5, 5.41) is 11.0. The van der Waals surface area contributed by atoms with Crippen molar-refractivity contribution in [1.82, 2.24) is 5.32 Å². The summed E-state index contributed by atoms with van der Waals surface area (Å²) in [6.07, 6.45) is 2.50. The van der Waals surface area contributed by atoms with Gasteiger partial charge in [-0.3, -0.25) is 9.59 Å². The van der Waals surface area contributed by atoms with E-state index in [2.05, 4.69) is 5.32 Å². The topological polar surface area (TPSA) is 109 Å². The molecule has 1 aromatic heterocycles.